The van der Waals surface area contributed by atoms with Crippen molar-refractivity contribution in [1.82, 2.24) is 9.55 Å². The first-order chi connectivity index (χ1) is 20.1. The average Bonchev–Trinajstić information content (AvgIpc) is 3.51. The quantitative estimate of drug-likeness (QED) is 0.242. The van der Waals surface area contributed by atoms with Gasteiger partial charge in [0.15, 0.2) is 0 Å². The van der Waals surface area contributed by atoms with Crippen LogP contribution in [0.1, 0.15) is 11.1 Å². The van der Waals surface area contributed by atoms with E-state index in [-0.39, 0.29) is 0 Å². The van der Waals surface area contributed by atoms with Crippen molar-refractivity contribution >= 4 is 60.7 Å². The van der Waals surface area contributed by atoms with Crippen LogP contribution in [-0.2, 0) is 0 Å². The number of anilines is 3. The van der Waals surface area contributed by atoms with Crippen LogP contribution >= 0.6 is 0 Å². The van der Waals surface area contributed by atoms with Gasteiger partial charge in [0, 0.05) is 55.3 Å². The van der Waals surface area contributed by atoms with Crippen LogP contribution in [0.5, 0.6) is 0 Å². The first kappa shape index (κ1) is 23.6. The number of benzene rings is 6. The molecule has 2 aromatic heterocycles. The number of aromatic amines is 1. The topological polar surface area (TPSA) is 24.0 Å². The normalized spacial score (nSPS) is 11.7. The van der Waals surface area contributed by atoms with Crippen molar-refractivity contribution in [2.75, 3.05) is 4.90 Å². The average molecular weight is 528 g/mol. The summed E-state index contributed by atoms with van der Waals surface area (Å²) in [5, 5.41) is 5.11. The second-order valence-electron chi connectivity index (χ2n) is 11.0. The highest BCUT2D eigenvalue weighted by molar-refractivity contribution is 6.18. The van der Waals surface area contributed by atoms with Crippen LogP contribution in [0.2, 0.25) is 0 Å². The molecule has 0 aliphatic carbocycles. The van der Waals surface area contributed by atoms with E-state index in [0.29, 0.717) is 0 Å². The molecule has 8 rings (SSSR count). The third-order valence-electron chi connectivity index (χ3n) is 8.19. The van der Waals surface area contributed by atoms with E-state index in [2.05, 4.69) is 162 Å². The third-order valence-corrected chi connectivity index (χ3v) is 8.19. The monoisotopic (exact) mass is 527 g/mol. The fourth-order valence-electron chi connectivity index (χ4n) is 6.27. The Morgan fingerprint density at radius 3 is 1.71 bits per heavy atom. The van der Waals surface area contributed by atoms with Crippen LogP contribution in [0.3, 0.4) is 0 Å². The lowest BCUT2D eigenvalue weighted by molar-refractivity contribution is 1.17. The summed E-state index contributed by atoms with van der Waals surface area (Å²) in [6.45, 7) is 4.33. The van der Waals surface area contributed by atoms with E-state index in [4.69, 9.17) is 0 Å². The molecular formula is C38H29N3. The number of nitrogens with one attached hydrogen (secondary N) is 1. The summed E-state index contributed by atoms with van der Waals surface area (Å²) in [5.41, 5.74) is 11.8. The van der Waals surface area contributed by atoms with Gasteiger partial charge in [-0.2, -0.15) is 0 Å². The Morgan fingerprint density at radius 1 is 0.463 bits per heavy atom. The summed E-state index contributed by atoms with van der Waals surface area (Å²) in [6, 6.07) is 48.2. The number of nitrogens with zero attached hydrogens (tertiary/aromatic N) is 2. The Kier molecular flexibility index (Phi) is 5.26. The van der Waals surface area contributed by atoms with Crippen molar-refractivity contribution in [2.45, 2.75) is 13.8 Å². The predicted octanol–water partition coefficient (Wildman–Crippen LogP) is 10.5. The Labute approximate surface area is 238 Å². The van der Waals surface area contributed by atoms with Gasteiger partial charge < -0.3 is 14.5 Å². The Hall–Kier alpha value is -5.28. The number of fused-ring (bicyclic) bond motifs is 6. The zero-order valence-electron chi connectivity index (χ0n) is 23.1. The van der Waals surface area contributed by atoms with Crippen LogP contribution in [0, 0.1) is 13.8 Å². The third kappa shape index (κ3) is 3.81. The summed E-state index contributed by atoms with van der Waals surface area (Å²) in [7, 11) is 0. The molecule has 0 saturated carbocycles. The van der Waals surface area contributed by atoms with Crippen LogP contribution in [0.4, 0.5) is 17.1 Å². The van der Waals surface area contributed by atoms with E-state index in [9.17, 15) is 0 Å². The molecule has 196 valence electrons. The molecule has 8 aromatic rings. The van der Waals surface area contributed by atoms with Gasteiger partial charge >= 0.3 is 0 Å². The smallest absolute Gasteiger partial charge is 0.0562 e. The molecule has 0 radical (unpaired) electrons. The zero-order valence-corrected chi connectivity index (χ0v) is 23.1. The highest BCUT2D eigenvalue weighted by Crippen LogP contribution is 2.39. The maximum absolute atomic E-state index is 3.67. The molecule has 0 aliphatic rings. The summed E-state index contributed by atoms with van der Waals surface area (Å²) in [6.07, 6.45) is 0. The van der Waals surface area contributed by atoms with E-state index in [1.807, 2.05) is 0 Å². The molecule has 1 N–H and O–H groups in total. The standard InChI is InChI=1S/C38H29N3/c1-25-13-19-35-31(21-25)32-23-34-33-22-26(2)14-20-37(33)41(38(34)24-36(32)39-35)30-17-15-29(16-18-30)40(27-9-5-3-6-10-27)28-11-7-4-8-12-28/h3-24,39H,1-2H3. The minimum absolute atomic E-state index is 1.12. The Morgan fingerprint density at radius 2 is 1.02 bits per heavy atom. The van der Waals surface area contributed by atoms with Gasteiger partial charge in [-0.05, 0) is 98.8 Å². The zero-order chi connectivity index (χ0) is 27.5. The van der Waals surface area contributed by atoms with Crippen LogP contribution in [0.25, 0.3) is 49.3 Å². The lowest BCUT2D eigenvalue weighted by Crippen LogP contribution is -2.09. The van der Waals surface area contributed by atoms with Gasteiger partial charge in [-0.3, -0.25) is 0 Å². The molecule has 0 amide bonds. The molecule has 0 aliphatic heterocycles. The highest BCUT2D eigenvalue weighted by atomic mass is 15.1. The van der Waals surface area contributed by atoms with Gasteiger partial charge in [0.05, 0.1) is 11.0 Å². The molecular weight excluding hydrogens is 498 g/mol. The number of hydrogen-bond donors (Lipinski definition) is 1. The molecule has 0 fully saturated rings. The summed E-state index contributed by atoms with van der Waals surface area (Å²) in [5.74, 6) is 0. The molecule has 0 spiro atoms. The second kappa shape index (κ2) is 9.14. The van der Waals surface area contributed by atoms with Crippen molar-refractivity contribution < 1.29 is 0 Å². The van der Waals surface area contributed by atoms with Gasteiger partial charge in [0.2, 0.25) is 0 Å². The second-order valence-corrected chi connectivity index (χ2v) is 11.0. The van der Waals surface area contributed by atoms with Crippen LogP contribution in [0.15, 0.2) is 133 Å². The van der Waals surface area contributed by atoms with E-state index in [1.165, 1.54) is 49.2 Å². The van der Waals surface area contributed by atoms with Gasteiger partial charge in [-0.25, -0.2) is 0 Å². The number of H-pyrrole nitrogens is 1. The number of hydrogen-bond acceptors (Lipinski definition) is 1. The highest BCUT2D eigenvalue weighted by Gasteiger charge is 2.17. The number of aromatic nitrogens is 2. The number of para-hydroxylation sites is 2. The number of rotatable bonds is 4. The van der Waals surface area contributed by atoms with Gasteiger partial charge in [-0.15, -0.1) is 0 Å². The molecule has 0 unspecified atom stereocenters. The molecule has 6 aromatic carbocycles. The minimum atomic E-state index is 1.12. The maximum atomic E-state index is 3.67. The summed E-state index contributed by atoms with van der Waals surface area (Å²) < 4.78 is 2.40. The largest absolute Gasteiger partial charge is 0.354 e. The van der Waals surface area contributed by atoms with E-state index < -0.39 is 0 Å². The molecule has 0 bridgehead atoms. The van der Waals surface area contributed by atoms with Crippen LogP contribution < -0.4 is 4.90 Å². The maximum Gasteiger partial charge on any atom is 0.0562 e. The summed E-state index contributed by atoms with van der Waals surface area (Å²) in [4.78, 5) is 5.97. The Bertz CT molecular complexity index is 2160. The van der Waals surface area contributed by atoms with Gasteiger partial charge in [0.25, 0.3) is 0 Å². The fraction of sp³-hybridized carbons (Fsp3) is 0.0526. The van der Waals surface area contributed by atoms with E-state index >= 15 is 0 Å². The molecule has 3 nitrogen and oxygen atoms in total. The van der Waals surface area contributed by atoms with Crippen molar-refractivity contribution in [2.24, 2.45) is 0 Å². The van der Waals surface area contributed by atoms with Crippen LogP contribution in [-0.4, -0.2) is 9.55 Å². The first-order valence-electron chi connectivity index (χ1n) is 14.1. The number of aryl methyl sites for hydroxylation is 2. The molecule has 0 atom stereocenters. The minimum Gasteiger partial charge on any atom is -0.354 e. The van der Waals surface area contributed by atoms with E-state index in [1.54, 1.807) is 0 Å². The molecule has 2 heterocycles. The molecule has 0 saturated heterocycles. The SMILES string of the molecule is Cc1ccc2[nH]c3cc4c(cc3c2c1)c1cc(C)ccc1n4-c1ccc(N(c2ccccc2)c2ccccc2)cc1. The van der Waals surface area contributed by atoms with Crippen molar-refractivity contribution in [1.29, 1.82) is 0 Å². The molecule has 41 heavy (non-hydrogen) atoms. The lowest BCUT2D eigenvalue weighted by atomic mass is 10.1. The van der Waals surface area contributed by atoms with Gasteiger partial charge in [0.1, 0.15) is 0 Å². The predicted molar refractivity (Wildman–Crippen MR) is 174 cm³/mol. The van der Waals surface area contributed by atoms with Crippen molar-refractivity contribution in [3.63, 3.8) is 0 Å². The first-order valence-corrected chi connectivity index (χ1v) is 14.1. The van der Waals surface area contributed by atoms with Gasteiger partial charge in [-0.1, -0.05) is 59.7 Å². The molecule has 3 heteroatoms. The fourth-order valence-corrected chi connectivity index (χ4v) is 6.27. The van der Waals surface area contributed by atoms with E-state index in [0.717, 1.165) is 28.3 Å². The van der Waals surface area contributed by atoms with Crippen molar-refractivity contribution in [3.05, 3.63) is 145 Å². The van der Waals surface area contributed by atoms with Crippen molar-refractivity contribution in [3.8, 4) is 5.69 Å². The Balaban J connectivity index is 1.34. The summed E-state index contributed by atoms with van der Waals surface area (Å²) >= 11 is 0. The lowest BCUT2D eigenvalue weighted by Gasteiger charge is -2.25.